The van der Waals surface area contributed by atoms with Crippen molar-refractivity contribution in [3.8, 4) is 11.4 Å². The summed E-state index contributed by atoms with van der Waals surface area (Å²) in [5, 5.41) is 0.195. The molecule has 1 fully saturated rings. The molecule has 0 bridgehead atoms. The second-order valence-electron chi connectivity index (χ2n) is 7.30. The summed E-state index contributed by atoms with van der Waals surface area (Å²) in [5.41, 5.74) is 11.8. The zero-order valence-corrected chi connectivity index (χ0v) is 17.4. The monoisotopic (exact) mass is 488 g/mol. The smallest absolute Gasteiger partial charge is 0.328 e. The SMILES string of the molecule is NC1CCC(N)(c2ncc(Cl)c(-c3cnc4c(Br)cc(C(F)(F)F)cn34)n2)CC1. The molecule has 0 aromatic carbocycles. The van der Waals surface area contributed by atoms with Gasteiger partial charge in [-0.3, -0.25) is 4.40 Å². The Morgan fingerprint density at radius 2 is 1.90 bits per heavy atom. The van der Waals surface area contributed by atoms with Gasteiger partial charge in [-0.25, -0.2) is 15.0 Å². The fraction of sp³-hybridized carbons (Fsp3) is 0.389. The van der Waals surface area contributed by atoms with Crippen molar-refractivity contribution in [1.82, 2.24) is 19.4 Å². The van der Waals surface area contributed by atoms with Gasteiger partial charge in [-0.1, -0.05) is 11.6 Å². The first kappa shape index (κ1) is 20.5. The van der Waals surface area contributed by atoms with E-state index >= 15 is 0 Å². The van der Waals surface area contributed by atoms with E-state index in [9.17, 15) is 13.2 Å². The fourth-order valence-corrected chi connectivity index (χ4v) is 4.27. The van der Waals surface area contributed by atoms with Gasteiger partial charge in [0.1, 0.15) is 11.5 Å². The molecule has 6 nitrogen and oxygen atoms in total. The zero-order valence-electron chi connectivity index (χ0n) is 15.0. The van der Waals surface area contributed by atoms with Gasteiger partial charge in [0.15, 0.2) is 5.65 Å². The number of halogens is 5. The number of alkyl halides is 3. The van der Waals surface area contributed by atoms with Crippen LogP contribution in [0, 0.1) is 0 Å². The molecule has 0 atom stereocenters. The molecule has 4 N–H and O–H groups in total. The molecule has 1 saturated carbocycles. The average Bonchev–Trinajstić information content (AvgIpc) is 3.08. The molecule has 0 amide bonds. The zero-order chi connectivity index (χ0) is 21.0. The van der Waals surface area contributed by atoms with Crippen molar-refractivity contribution < 1.29 is 13.2 Å². The van der Waals surface area contributed by atoms with Gasteiger partial charge in [0.2, 0.25) is 0 Å². The van der Waals surface area contributed by atoms with Crippen LogP contribution in [0.5, 0.6) is 0 Å². The summed E-state index contributed by atoms with van der Waals surface area (Å²) >= 11 is 9.46. The molecule has 1 aliphatic rings. The van der Waals surface area contributed by atoms with E-state index in [4.69, 9.17) is 23.1 Å². The Kier molecular flexibility index (Phi) is 5.09. The highest BCUT2D eigenvalue weighted by atomic mass is 79.9. The van der Waals surface area contributed by atoms with Gasteiger partial charge in [0.25, 0.3) is 0 Å². The highest BCUT2D eigenvalue weighted by molar-refractivity contribution is 9.10. The number of aromatic nitrogens is 4. The first-order chi connectivity index (χ1) is 13.6. The highest BCUT2D eigenvalue weighted by Gasteiger charge is 2.36. The quantitative estimate of drug-likeness (QED) is 0.560. The van der Waals surface area contributed by atoms with Crippen LogP contribution in [-0.4, -0.2) is 25.4 Å². The normalized spacial score (nSPS) is 22.9. The number of nitrogens with two attached hydrogens (primary N) is 2. The average molecular weight is 490 g/mol. The third-order valence-corrected chi connectivity index (χ3v) is 6.10. The fourth-order valence-electron chi connectivity index (χ4n) is 3.54. The van der Waals surface area contributed by atoms with Gasteiger partial charge in [-0.05, 0) is 47.7 Å². The number of hydrogen-bond donors (Lipinski definition) is 2. The molecule has 0 saturated heterocycles. The third kappa shape index (κ3) is 3.74. The van der Waals surface area contributed by atoms with Gasteiger partial charge >= 0.3 is 6.18 Å². The van der Waals surface area contributed by atoms with E-state index in [-0.39, 0.29) is 21.2 Å². The Hall–Kier alpha value is -1.75. The molecule has 4 rings (SSSR count). The van der Waals surface area contributed by atoms with E-state index in [2.05, 4.69) is 30.9 Å². The molecule has 0 radical (unpaired) electrons. The molecule has 1 aliphatic carbocycles. The lowest BCUT2D eigenvalue weighted by molar-refractivity contribution is -0.137. The molecular weight excluding hydrogens is 473 g/mol. The minimum Gasteiger partial charge on any atom is -0.328 e. The summed E-state index contributed by atoms with van der Waals surface area (Å²) in [6.45, 7) is 0. The van der Waals surface area contributed by atoms with E-state index in [1.165, 1.54) is 16.8 Å². The number of rotatable bonds is 2. The van der Waals surface area contributed by atoms with Crippen LogP contribution in [0.1, 0.15) is 37.1 Å². The molecule has 3 heterocycles. The second-order valence-corrected chi connectivity index (χ2v) is 8.56. The topological polar surface area (TPSA) is 95.1 Å². The molecule has 0 unspecified atom stereocenters. The summed E-state index contributed by atoms with van der Waals surface area (Å²) in [6, 6.07) is 1.08. The minimum absolute atomic E-state index is 0.0929. The van der Waals surface area contributed by atoms with Crippen molar-refractivity contribution in [1.29, 1.82) is 0 Å². The van der Waals surface area contributed by atoms with E-state index in [1.54, 1.807) is 0 Å². The van der Waals surface area contributed by atoms with Crippen LogP contribution in [0.3, 0.4) is 0 Å². The van der Waals surface area contributed by atoms with Crippen molar-refractivity contribution in [3.05, 3.63) is 45.5 Å². The Labute approximate surface area is 177 Å². The Bertz CT molecular complexity index is 1080. The maximum Gasteiger partial charge on any atom is 0.417 e. The number of hydrogen-bond acceptors (Lipinski definition) is 5. The lowest BCUT2D eigenvalue weighted by Gasteiger charge is -2.34. The first-order valence-corrected chi connectivity index (χ1v) is 10.1. The van der Waals surface area contributed by atoms with Gasteiger partial charge < -0.3 is 11.5 Å². The standard InChI is InChI=1S/C18H17BrClF3N6/c19-11-5-9(18(21,22)23)8-29-13(7-26-15(11)29)14-12(20)6-27-16(28-14)17(25)3-1-10(24)2-4-17/h5-8,10H,1-4,24-25H2. The number of fused-ring (bicyclic) bond motifs is 1. The number of pyridine rings is 1. The number of nitrogens with zero attached hydrogens (tertiary/aromatic N) is 4. The van der Waals surface area contributed by atoms with Crippen LogP contribution in [0.15, 0.2) is 29.1 Å². The molecule has 29 heavy (non-hydrogen) atoms. The van der Waals surface area contributed by atoms with Crippen molar-refractivity contribution in [2.24, 2.45) is 11.5 Å². The van der Waals surface area contributed by atoms with Crippen LogP contribution in [0.4, 0.5) is 13.2 Å². The highest BCUT2D eigenvalue weighted by Crippen LogP contribution is 2.37. The van der Waals surface area contributed by atoms with Gasteiger partial charge in [0, 0.05) is 18.4 Å². The predicted octanol–water partition coefficient (Wildman–Crippen LogP) is 4.28. The Morgan fingerprint density at radius 1 is 1.21 bits per heavy atom. The van der Waals surface area contributed by atoms with Gasteiger partial charge in [-0.15, -0.1) is 0 Å². The Morgan fingerprint density at radius 3 is 2.55 bits per heavy atom. The minimum atomic E-state index is -4.51. The first-order valence-electron chi connectivity index (χ1n) is 8.90. The summed E-state index contributed by atoms with van der Waals surface area (Å²) in [5.74, 6) is 0.393. The summed E-state index contributed by atoms with van der Waals surface area (Å²) in [4.78, 5) is 13.0. The summed E-state index contributed by atoms with van der Waals surface area (Å²) < 4.78 is 41.3. The van der Waals surface area contributed by atoms with Crippen LogP contribution in [-0.2, 0) is 11.7 Å². The largest absolute Gasteiger partial charge is 0.417 e. The summed E-state index contributed by atoms with van der Waals surface area (Å²) in [7, 11) is 0. The molecule has 0 spiro atoms. The third-order valence-electron chi connectivity index (χ3n) is 5.24. The Balaban J connectivity index is 1.85. The van der Waals surface area contributed by atoms with Crippen molar-refractivity contribution in [2.75, 3.05) is 0 Å². The molecule has 154 valence electrons. The molecule has 11 heteroatoms. The van der Waals surface area contributed by atoms with Crippen molar-refractivity contribution >= 4 is 33.2 Å². The molecule has 3 aromatic rings. The van der Waals surface area contributed by atoms with Crippen molar-refractivity contribution in [3.63, 3.8) is 0 Å². The van der Waals surface area contributed by atoms with E-state index in [1.807, 2.05) is 0 Å². The van der Waals surface area contributed by atoms with Crippen LogP contribution < -0.4 is 11.5 Å². The lowest BCUT2D eigenvalue weighted by Crippen LogP contribution is -2.45. The second kappa shape index (κ2) is 7.19. The van der Waals surface area contributed by atoms with E-state index in [0.717, 1.165) is 25.1 Å². The maximum absolute atomic E-state index is 13.3. The van der Waals surface area contributed by atoms with E-state index < -0.39 is 17.3 Å². The predicted molar refractivity (Wildman–Crippen MR) is 106 cm³/mol. The molecule has 3 aromatic heterocycles. The summed E-state index contributed by atoms with van der Waals surface area (Å²) in [6.07, 6.45) is 2.03. The van der Waals surface area contributed by atoms with Crippen molar-refractivity contribution in [2.45, 2.75) is 43.4 Å². The molecular formula is C18H17BrClF3N6. The van der Waals surface area contributed by atoms with Gasteiger partial charge in [-0.2, -0.15) is 13.2 Å². The lowest BCUT2D eigenvalue weighted by atomic mass is 9.80. The maximum atomic E-state index is 13.3. The number of imidazole rings is 1. The van der Waals surface area contributed by atoms with Crippen LogP contribution in [0.2, 0.25) is 5.02 Å². The van der Waals surface area contributed by atoms with Gasteiger partial charge in [0.05, 0.1) is 32.5 Å². The van der Waals surface area contributed by atoms with Crippen LogP contribution >= 0.6 is 27.5 Å². The van der Waals surface area contributed by atoms with E-state index in [0.29, 0.717) is 30.0 Å². The van der Waals surface area contributed by atoms with Crippen LogP contribution in [0.25, 0.3) is 17.0 Å². The molecule has 0 aliphatic heterocycles.